The van der Waals surface area contributed by atoms with Gasteiger partial charge in [-0.05, 0) is 13.0 Å². The summed E-state index contributed by atoms with van der Waals surface area (Å²) in [5.74, 6) is 1.07. The minimum atomic E-state index is -0.887. The van der Waals surface area contributed by atoms with Crippen LogP contribution in [-0.2, 0) is 10.8 Å². The third kappa shape index (κ3) is 3.31. The number of nitro benzene ring substituents is 1. The fourth-order valence-electron chi connectivity index (χ4n) is 1.81. The van der Waals surface area contributed by atoms with Gasteiger partial charge in [-0.3, -0.25) is 14.3 Å². The zero-order chi connectivity index (χ0) is 14.7. The molecular formula is C12H15N3O3S2. The lowest BCUT2D eigenvalue weighted by Crippen LogP contribution is -2.12. The van der Waals surface area contributed by atoms with Crippen LogP contribution in [0.2, 0.25) is 0 Å². The van der Waals surface area contributed by atoms with Crippen LogP contribution in [-0.4, -0.2) is 32.2 Å². The molecule has 1 atom stereocenters. The SMILES string of the molecule is CCS(=O)CCNc1cc2nc(C)sc2cc1[N+](=O)[O-]. The van der Waals surface area contributed by atoms with Crippen molar-refractivity contribution in [2.24, 2.45) is 0 Å². The van der Waals surface area contributed by atoms with Crippen LogP contribution in [0.3, 0.4) is 0 Å². The van der Waals surface area contributed by atoms with Crippen LogP contribution >= 0.6 is 11.3 Å². The molecule has 20 heavy (non-hydrogen) atoms. The van der Waals surface area contributed by atoms with Gasteiger partial charge in [-0.1, -0.05) is 6.92 Å². The van der Waals surface area contributed by atoms with Crippen molar-refractivity contribution in [1.82, 2.24) is 4.98 Å². The third-order valence-corrected chi connectivity index (χ3v) is 5.01. The third-order valence-electron chi connectivity index (χ3n) is 2.78. The Morgan fingerprint density at radius 1 is 1.50 bits per heavy atom. The van der Waals surface area contributed by atoms with Gasteiger partial charge >= 0.3 is 0 Å². The smallest absolute Gasteiger partial charge is 0.293 e. The van der Waals surface area contributed by atoms with Crippen LogP contribution in [0.5, 0.6) is 0 Å². The predicted molar refractivity (Wildman–Crippen MR) is 83.1 cm³/mol. The van der Waals surface area contributed by atoms with Gasteiger partial charge in [0.1, 0.15) is 5.69 Å². The van der Waals surface area contributed by atoms with Gasteiger partial charge in [-0.25, -0.2) is 4.98 Å². The Morgan fingerprint density at radius 2 is 2.25 bits per heavy atom. The molecule has 6 nitrogen and oxygen atoms in total. The molecule has 1 aromatic carbocycles. The van der Waals surface area contributed by atoms with Crippen molar-refractivity contribution in [3.05, 3.63) is 27.3 Å². The second kappa shape index (κ2) is 6.27. The Balaban J connectivity index is 2.27. The quantitative estimate of drug-likeness (QED) is 0.654. The molecule has 0 fully saturated rings. The summed E-state index contributed by atoms with van der Waals surface area (Å²) in [6.07, 6.45) is 0. The summed E-state index contributed by atoms with van der Waals surface area (Å²) in [6.45, 7) is 4.16. The number of aromatic nitrogens is 1. The Kier molecular flexibility index (Phi) is 4.66. The van der Waals surface area contributed by atoms with E-state index < -0.39 is 15.7 Å². The van der Waals surface area contributed by atoms with Gasteiger partial charge in [-0.2, -0.15) is 0 Å². The second-order valence-corrected chi connectivity index (χ2v) is 7.29. The van der Waals surface area contributed by atoms with Gasteiger partial charge in [0.05, 0.1) is 20.1 Å². The highest BCUT2D eigenvalue weighted by molar-refractivity contribution is 7.84. The number of rotatable bonds is 6. The normalized spacial score (nSPS) is 12.5. The lowest BCUT2D eigenvalue weighted by atomic mass is 10.2. The number of aryl methyl sites for hydroxylation is 1. The molecule has 1 N–H and O–H groups in total. The number of nitro groups is 1. The summed E-state index contributed by atoms with van der Waals surface area (Å²) >= 11 is 1.43. The maximum Gasteiger partial charge on any atom is 0.293 e. The van der Waals surface area contributed by atoms with Crippen LogP contribution in [0.25, 0.3) is 10.2 Å². The standard InChI is InChI=1S/C12H15N3O3S2/c1-3-20(18)5-4-13-9-6-10-12(19-8(2)14-10)7-11(9)15(16)17/h6-7,13H,3-5H2,1-2H3. The van der Waals surface area contributed by atoms with E-state index in [1.807, 2.05) is 13.8 Å². The zero-order valence-corrected chi connectivity index (χ0v) is 12.8. The number of benzene rings is 1. The molecule has 8 heteroatoms. The highest BCUT2D eigenvalue weighted by Crippen LogP contribution is 2.32. The number of nitrogens with zero attached hydrogens (tertiary/aromatic N) is 2. The van der Waals surface area contributed by atoms with Gasteiger partial charge in [0.25, 0.3) is 5.69 Å². The van der Waals surface area contributed by atoms with Crippen molar-refractivity contribution in [3.8, 4) is 0 Å². The average Bonchev–Trinajstić information content (AvgIpc) is 2.76. The van der Waals surface area contributed by atoms with Crippen molar-refractivity contribution in [3.63, 3.8) is 0 Å². The van der Waals surface area contributed by atoms with E-state index >= 15 is 0 Å². The maximum atomic E-state index is 11.4. The van der Waals surface area contributed by atoms with Crippen molar-refractivity contribution >= 4 is 43.7 Å². The molecule has 108 valence electrons. The fourth-order valence-corrected chi connectivity index (χ4v) is 3.28. The minimum absolute atomic E-state index is 0.0310. The number of hydrogen-bond donors (Lipinski definition) is 1. The van der Waals surface area contributed by atoms with Crippen LogP contribution in [0.15, 0.2) is 12.1 Å². The largest absolute Gasteiger partial charge is 0.379 e. The summed E-state index contributed by atoms with van der Waals surface area (Å²) in [4.78, 5) is 15.0. The van der Waals surface area contributed by atoms with Crippen LogP contribution in [0.4, 0.5) is 11.4 Å². The molecule has 0 spiro atoms. The summed E-state index contributed by atoms with van der Waals surface area (Å²) in [6, 6.07) is 3.23. The summed E-state index contributed by atoms with van der Waals surface area (Å²) in [5, 5.41) is 15.0. The minimum Gasteiger partial charge on any atom is -0.379 e. The monoisotopic (exact) mass is 313 g/mol. The first-order valence-electron chi connectivity index (χ1n) is 6.15. The Morgan fingerprint density at radius 3 is 2.90 bits per heavy atom. The van der Waals surface area contributed by atoms with Crippen molar-refractivity contribution in [2.45, 2.75) is 13.8 Å². The lowest BCUT2D eigenvalue weighted by molar-refractivity contribution is -0.383. The first-order valence-corrected chi connectivity index (χ1v) is 8.46. The van der Waals surface area contributed by atoms with Gasteiger partial charge in [0.15, 0.2) is 0 Å². The topological polar surface area (TPSA) is 85.1 Å². The Labute approximate surface area is 122 Å². The molecule has 2 rings (SSSR count). The summed E-state index contributed by atoms with van der Waals surface area (Å²) in [7, 11) is -0.887. The molecule has 1 heterocycles. The molecule has 1 unspecified atom stereocenters. The Bertz CT molecular complexity index is 669. The molecule has 0 saturated heterocycles. The second-order valence-electron chi connectivity index (χ2n) is 4.19. The first kappa shape index (κ1) is 14.9. The van der Waals surface area contributed by atoms with E-state index in [0.717, 1.165) is 15.2 Å². The van der Waals surface area contributed by atoms with Gasteiger partial charge in [0, 0.05) is 34.9 Å². The van der Waals surface area contributed by atoms with Gasteiger partial charge in [-0.15, -0.1) is 11.3 Å². The number of fused-ring (bicyclic) bond motifs is 1. The predicted octanol–water partition coefficient (Wildman–Crippen LogP) is 2.69. The van der Waals surface area contributed by atoms with E-state index in [1.165, 1.54) is 11.3 Å². The number of anilines is 1. The molecule has 2 aromatic rings. The van der Waals surface area contributed by atoms with E-state index in [4.69, 9.17) is 0 Å². The molecule has 0 aliphatic carbocycles. The van der Waals surface area contributed by atoms with Crippen LogP contribution < -0.4 is 5.32 Å². The van der Waals surface area contributed by atoms with Crippen molar-refractivity contribution in [1.29, 1.82) is 0 Å². The van der Waals surface area contributed by atoms with E-state index in [9.17, 15) is 14.3 Å². The fraction of sp³-hybridized carbons (Fsp3) is 0.417. The molecular weight excluding hydrogens is 298 g/mol. The maximum absolute atomic E-state index is 11.4. The van der Waals surface area contributed by atoms with Crippen molar-refractivity contribution in [2.75, 3.05) is 23.4 Å². The molecule has 1 aromatic heterocycles. The van der Waals surface area contributed by atoms with Crippen LogP contribution in [0.1, 0.15) is 11.9 Å². The Hall–Kier alpha value is -1.54. The molecule has 0 amide bonds. The van der Waals surface area contributed by atoms with Crippen molar-refractivity contribution < 1.29 is 9.13 Å². The number of hydrogen-bond acceptors (Lipinski definition) is 6. The average molecular weight is 313 g/mol. The molecule has 0 bridgehead atoms. The number of nitrogens with one attached hydrogen (secondary N) is 1. The highest BCUT2D eigenvalue weighted by Gasteiger charge is 2.17. The molecule has 0 saturated carbocycles. The highest BCUT2D eigenvalue weighted by atomic mass is 32.2. The lowest BCUT2D eigenvalue weighted by Gasteiger charge is -2.06. The first-order chi connectivity index (χ1) is 9.51. The molecule has 0 aliphatic heterocycles. The van der Waals surface area contributed by atoms with E-state index in [1.54, 1.807) is 12.1 Å². The summed E-state index contributed by atoms with van der Waals surface area (Å²) < 4.78 is 12.2. The van der Waals surface area contributed by atoms with Gasteiger partial charge in [0.2, 0.25) is 0 Å². The zero-order valence-electron chi connectivity index (χ0n) is 11.2. The van der Waals surface area contributed by atoms with Gasteiger partial charge < -0.3 is 5.32 Å². The number of thiazole rings is 1. The van der Waals surface area contributed by atoms with E-state index in [0.29, 0.717) is 23.7 Å². The summed E-state index contributed by atoms with van der Waals surface area (Å²) in [5.41, 5.74) is 1.21. The van der Waals surface area contributed by atoms with E-state index in [2.05, 4.69) is 10.3 Å². The van der Waals surface area contributed by atoms with E-state index in [-0.39, 0.29) is 5.69 Å². The molecule has 0 radical (unpaired) electrons. The molecule has 0 aliphatic rings. The van der Waals surface area contributed by atoms with Crippen LogP contribution in [0, 0.1) is 17.0 Å².